The molecule has 7 fully saturated rings. The number of aliphatic hydroxyl groups excluding tert-OH is 12. The van der Waals surface area contributed by atoms with Gasteiger partial charge >= 0.3 is 11.9 Å². The van der Waals surface area contributed by atoms with Crippen molar-refractivity contribution >= 4 is 11.9 Å². The van der Waals surface area contributed by atoms with Gasteiger partial charge in [-0.15, -0.1) is 0 Å². The SMILES string of the molecule is CC1(C)CC[C@]2(C(=O)O[C@@H]3O[C@H](CO)[C@@H](O)[C@H](O)[C@H]3O)CC[C@]3(C)C(=CC[C@@H]4[C@@]5(C)C[C@H](O)[C@H](O[C@@H]6O[C@H](C(=O)O)[C@@H](O[C@@H]7O[C@H](CO)[C@H](O)[C@H](O)[C@H]7O)[C@H](O)[C@H]6O)[C@@](C)(CO)[C@@H]5CC[C@]43C)[C@H]2C1. The van der Waals surface area contributed by atoms with Gasteiger partial charge in [-0.3, -0.25) is 4.79 Å². The topological polar surface area (TPSA) is 353 Å². The van der Waals surface area contributed by atoms with Gasteiger partial charge in [0.1, 0.15) is 67.1 Å². The Bertz CT molecular complexity index is 1930. The van der Waals surface area contributed by atoms with Crippen LogP contribution in [0.1, 0.15) is 99.3 Å². The molecular weight excluding hydrogens is 913 g/mol. The largest absolute Gasteiger partial charge is 0.479 e. The molecule has 0 bridgehead atoms. The molecule has 3 saturated heterocycles. The standard InChI is InChI=1S/C48H76O21/c1-43(2)11-13-48(42(63)69-40-33(59)30(56)28(54)24(18-50)65-40)14-12-46(5)20(21(48)15-43)7-8-26-44(3)16-22(52)37(45(4,19-51)25(44)9-10-47(26,46)6)68-41-34(60)31(57)35(36(67-41)38(61)62)66-39-32(58)29(55)27(53)23(17-49)64-39/h7,21-37,39-41,49-60H,8-19H2,1-6H3,(H,61,62)/t21-,22+,23-,24-,25-,26-,27+,28-,29+,30+,31-,32-,33-,34-,35+,36+,37+,39+,40+,41+,44+,45+,46-,47-,48+/m1/s1. The van der Waals surface area contributed by atoms with Gasteiger partial charge < -0.3 is 94.8 Å². The van der Waals surface area contributed by atoms with E-state index in [9.17, 15) is 76.0 Å². The third kappa shape index (κ3) is 8.25. The second-order valence-corrected chi connectivity index (χ2v) is 23.5. The van der Waals surface area contributed by atoms with E-state index in [-0.39, 0.29) is 29.6 Å². The average molecular weight is 989 g/mol. The minimum absolute atomic E-state index is 0.0563. The molecular formula is C48H76O21. The quantitative estimate of drug-likeness (QED) is 0.0651. The highest BCUT2D eigenvalue weighted by Crippen LogP contribution is 2.76. The second-order valence-electron chi connectivity index (χ2n) is 23.5. The molecule has 0 spiro atoms. The lowest BCUT2D eigenvalue weighted by atomic mass is 9.33. The zero-order chi connectivity index (χ0) is 50.7. The number of aliphatic carboxylic acids is 1. The Hall–Kier alpha value is -2.00. The highest BCUT2D eigenvalue weighted by molar-refractivity contribution is 5.79. The number of ether oxygens (including phenoxy) is 6. The molecule has 0 aromatic rings. The molecule has 21 heteroatoms. The Morgan fingerprint density at radius 1 is 0.652 bits per heavy atom. The van der Waals surface area contributed by atoms with Crippen LogP contribution in [0.25, 0.3) is 0 Å². The number of hydrogen-bond acceptors (Lipinski definition) is 20. The predicted molar refractivity (Wildman–Crippen MR) is 234 cm³/mol. The van der Waals surface area contributed by atoms with Crippen LogP contribution in [-0.2, 0) is 38.0 Å². The minimum Gasteiger partial charge on any atom is -0.479 e. The Kier molecular flexibility index (Phi) is 14.5. The molecule has 5 aliphatic carbocycles. The van der Waals surface area contributed by atoms with Crippen LogP contribution in [0.15, 0.2) is 11.6 Å². The van der Waals surface area contributed by atoms with E-state index >= 15 is 0 Å². The number of esters is 1. The summed E-state index contributed by atoms with van der Waals surface area (Å²) in [5.74, 6) is -2.85. The molecule has 69 heavy (non-hydrogen) atoms. The van der Waals surface area contributed by atoms with Crippen LogP contribution in [0.4, 0.5) is 0 Å². The molecule has 8 rings (SSSR count). The van der Waals surface area contributed by atoms with E-state index in [4.69, 9.17) is 28.4 Å². The van der Waals surface area contributed by atoms with E-state index in [0.717, 1.165) is 12.0 Å². The molecule has 0 amide bonds. The summed E-state index contributed by atoms with van der Waals surface area (Å²) in [6, 6.07) is 0. The molecule has 13 N–H and O–H groups in total. The van der Waals surface area contributed by atoms with E-state index in [0.29, 0.717) is 44.9 Å². The van der Waals surface area contributed by atoms with Crippen LogP contribution in [0, 0.1) is 50.2 Å². The van der Waals surface area contributed by atoms with Gasteiger partial charge in [-0.1, -0.05) is 53.2 Å². The fraction of sp³-hybridized carbons (Fsp3) is 0.917. The summed E-state index contributed by atoms with van der Waals surface area (Å²) in [5, 5.41) is 139. The fourth-order valence-electron chi connectivity index (χ4n) is 15.2. The molecule has 21 nitrogen and oxygen atoms in total. The van der Waals surface area contributed by atoms with Gasteiger partial charge in [-0.25, -0.2) is 4.79 Å². The molecule has 3 aliphatic heterocycles. The molecule has 0 aromatic carbocycles. The van der Waals surface area contributed by atoms with Crippen LogP contribution in [0.5, 0.6) is 0 Å². The van der Waals surface area contributed by atoms with Crippen LogP contribution >= 0.6 is 0 Å². The Morgan fingerprint density at radius 3 is 1.81 bits per heavy atom. The van der Waals surface area contributed by atoms with Crippen molar-refractivity contribution in [3.05, 3.63) is 11.6 Å². The van der Waals surface area contributed by atoms with Gasteiger partial charge in [0.2, 0.25) is 6.29 Å². The summed E-state index contributed by atoms with van der Waals surface area (Å²) in [6.07, 6.45) is -22.0. The lowest BCUT2D eigenvalue weighted by Gasteiger charge is -2.71. The molecule has 0 radical (unpaired) electrons. The third-order valence-corrected chi connectivity index (χ3v) is 19.4. The summed E-state index contributed by atoms with van der Waals surface area (Å²) >= 11 is 0. The maximum atomic E-state index is 14.7. The van der Waals surface area contributed by atoms with E-state index in [2.05, 4.69) is 40.7 Å². The minimum atomic E-state index is -2.07. The summed E-state index contributed by atoms with van der Waals surface area (Å²) in [7, 11) is 0. The maximum Gasteiger partial charge on any atom is 0.335 e. The molecule has 4 saturated carbocycles. The first-order valence-corrected chi connectivity index (χ1v) is 24.6. The van der Waals surface area contributed by atoms with Crippen molar-refractivity contribution in [1.29, 1.82) is 0 Å². The fourth-order valence-corrected chi connectivity index (χ4v) is 15.2. The lowest BCUT2D eigenvalue weighted by molar-refractivity contribution is -0.369. The summed E-state index contributed by atoms with van der Waals surface area (Å²) in [6.45, 7) is 10.9. The van der Waals surface area contributed by atoms with Crippen molar-refractivity contribution in [3.8, 4) is 0 Å². The Balaban J connectivity index is 1.04. The van der Waals surface area contributed by atoms with Crippen molar-refractivity contribution in [3.63, 3.8) is 0 Å². The average Bonchev–Trinajstić information content (AvgIpc) is 3.29. The zero-order valence-corrected chi connectivity index (χ0v) is 40.2. The number of hydrogen-bond donors (Lipinski definition) is 13. The second kappa shape index (κ2) is 18.7. The number of carboxylic acid groups (broad SMARTS) is 1. The molecule has 25 atom stereocenters. The van der Waals surface area contributed by atoms with E-state index < -0.39 is 163 Å². The number of allylic oxidation sites excluding steroid dienone is 2. The van der Waals surface area contributed by atoms with E-state index in [1.54, 1.807) is 6.92 Å². The number of carbonyl (C=O) groups excluding carboxylic acids is 1. The van der Waals surface area contributed by atoms with Crippen molar-refractivity contribution in [2.45, 2.75) is 204 Å². The summed E-state index contributed by atoms with van der Waals surface area (Å²) in [4.78, 5) is 27.3. The van der Waals surface area contributed by atoms with Crippen LogP contribution < -0.4 is 0 Å². The number of fused-ring (bicyclic) bond motifs is 7. The van der Waals surface area contributed by atoms with E-state index in [1.807, 2.05) is 0 Å². The van der Waals surface area contributed by atoms with Gasteiger partial charge in [0.25, 0.3) is 0 Å². The third-order valence-electron chi connectivity index (χ3n) is 19.4. The van der Waals surface area contributed by atoms with Crippen molar-refractivity contribution in [2.24, 2.45) is 50.2 Å². The summed E-state index contributed by atoms with van der Waals surface area (Å²) < 4.78 is 34.6. The van der Waals surface area contributed by atoms with E-state index in [1.165, 1.54) is 0 Å². The smallest absolute Gasteiger partial charge is 0.335 e. The van der Waals surface area contributed by atoms with Gasteiger partial charge in [0.15, 0.2) is 18.7 Å². The molecule has 3 heterocycles. The van der Waals surface area contributed by atoms with Crippen LogP contribution in [0.3, 0.4) is 0 Å². The molecule has 8 aliphatic rings. The van der Waals surface area contributed by atoms with Crippen LogP contribution in [-0.4, -0.2) is 202 Å². The summed E-state index contributed by atoms with van der Waals surface area (Å²) in [5.41, 5.74) is -2.65. The first-order chi connectivity index (χ1) is 32.2. The normalized spacial score (nSPS) is 53.9. The van der Waals surface area contributed by atoms with Gasteiger partial charge in [0, 0.05) is 5.41 Å². The van der Waals surface area contributed by atoms with Crippen molar-refractivity contribution in [2.75, 3.05) is 19.8 Å². The zero-order valence-electron chi connectivity index (χ0n) is 40.2. The monoisotopic (exact) mass is 988 g/mol. The van der Waals surface area contributed by atoms with Crippen molar-refractivity contribution in [1.82, 2.24) is 0 Å². The van der Waals surface area contributed by atoms with Gasteiger partial charge in [-0.2, -0.15) is 0 Å². The van der Waals surface area contributed by atoms with Gasteiger partial charge in [-0.05, 0) is 97.2 Å². The van der Waals surface area contributed by atoms with Gasteiger partial charge in [0.05, 0.1) is 37.4 Å². The number of carbonyl (C=O) groups is 2. The highest BCUT2D eigenvalue weighted by atomic mass is 16.8. The van der Waals surface area contributed by atoms with Crippen molar-refractivity contribution < 1.29 is 104 Å². The predicted octanol–water partition coefficient (Wildman–Crippen LogP) is -1.82. The molecule has 0 aromatic heterocycles. The molecule has 0 unspecified atom stereocenters. The lowest BCUT2D eigenvalue weighted by Crippen LogP contribution is -2.70. The number of carboxylic acids is 1. The first kappa shape index (κ1) is 53.3. The van der Waals surface area contributed by atoms with Crippen LogP contribution in [0.2, 0.25) is 0 Å². The maximum absolute atomic E-state index is 14.7. The number of aliphatic hydroxyl groups is 12. The number of rotatable bonds is 10. The first-order valence-electron chi connectivity index (χ1n) is 24.6. The Labute approximate surface area is 400 Å². The highest BCUT2D eigenvalue weighted by Gasteiger charge is 2.72. The Morgan fingerprint density at radius 2 is 1.22 bits per heavy atom. The molecule has 394 valence electrons.